The molecule has 0 aliphatic carbocycles. The first-order valence-electron chi connectivity index (χ1n) is 10.2. The summed E-state index contributed by atoms with van der Waals surface area (Å²) in [5, 5.41) is 3.14. The van der Waals surface area contributed by atoms with Crippen molar-refractivity contribution in [2.45, 2.75) is 32.2 Å². The summed E-state index contributed by atoms with van der Waals surface area (Å²) in [4.78, 5) is 13.2. The minimum absolute atomic E-state index is 0.0212. The smallest absolute Gasteiger partial charge is 0.227 e. The summed E-state index contributed by atoms with van der Waals surface area (Å²) in [6.07, 6.45) is 2.12. The van der Waals surface area contributed by atoms with Crippen molar-refractivity contribution in [3.8, 4) is 16.9 Å². The molecule has 3 rings (SSSR count). The van der Waals surface area contributed by atoms with E-state index in [1.807, 2.05) is 25.1 Å². The Labute approximate surface area is 173 Å². The van der Waals surface area contributed by atoms with E-state index in [1.165, 1.54) is 0 Å². The van der Waals surface area contributed by atoms with Crippen molar-refractivity contribution in [2.75, 3.05) is 34.0 Å². The fourth-order valence-electron chi connectivity index (χ4n) is 4.04. The molecule has 2 aromatic rings. The fourth-order valence-corrected chi connectivity index (χ4v) is 4.04. The zero-order chi connectivity index (χ0) is 20.7. The first-order valence-corrected chi connectivity index (χ1v) is 10.2. The second-order valence-electron chi connectivity index (χ2n) is 7.80. The summed E-state index contributed by atoms with van der Waals surface area (Å²) in [6.45, 7) is 3.69. The van der Waals surface area contributed by atoms with Gasteiger partial charge in [0.05, 0.1) is 19.1 Å². The molecule has 1 atom stereocenters. The molecule has 1 amide bonds. The lowest BCUT2D eigenvalue weighted by Gasteiger charge is -2.37. The quantitative estimate of drug-likeness (QED) is 0.735. The van der Waals surface area contributed by atoms with Gasteiger partial charge in [0.25, 0.3) is 0 Å². The van der Waals surface area contributed by atoms with Gasteiger partial charge in [-0.1, -0.05) is 42.5 Å². The number of carbonyl (C=O) groups excluding carboxylic acids is 1. The normalized spacial score (nSPS) is 16.8. The number of hydrogen-bond acceptors (Lipinski definition) is 4. The third-order valence-corrected chi connectivity index (χ3v) is 5.61. The number of benzene rings is 2. The van der Waals surface area contributed by atoms with E-state index in [0.29, 0.717) is 26.2 Å². The molecule has 1 saturated heterocycles. The topological polar surface area (TPSA) is 56.8 Å². The van der Waals surface area contributed by atoms with Crippen molar-refractivity contribution in [3.63, 3.8) is 0 Å². The lowest BCUT2D eigenvalue weighted by molar-refractivity contribution is -0.137. The molecule has 156 valence electrons. The van der Waals surface area contributed by atoms with E-state index in [9.17, 15) is 4.79 Å². The molecule has 1 aliphatic rings. The van der Waals surface area contributed by atoms with E-state index in [2.05, 4.69) is 35.6 Å². The van der Waals surface area contributed by atoms with Gasteiger partial charge in [-0.15, -0.1) is 0 Å². The molecule has 29 heavy (non-hydrogen) atoms. The monoisotopic (exact) mass is 397 g/mol. The van der Waals surface area contributed by atoms with Gasteiger partial charge in [0.15, 0.2) is 0 Å². The Kier molecular flexibility index (Phi) is 7.29. The lowest BCUT2D eigenvalue weighted by Crippen LogP contribution is -2.49. The Morgan fingerprint density at radius 1 is 1.14 bits per heavy atom. The Bertz CT molecular complexity index is 814. The second kappa shape index (κ2) is 9.90. The van der Waals surface area contributed by atoms with Crippen LogP contribution in [0.25, 0.3) is 11.1 Å². The summed E-state index contributed by atoms with van der Waals surface area (Å²) in [5.74, 6) is 0.935. The van der Waals surface area contributed by atoms with Crippen molar-refractivity contribution >= 4 is 5.91 Å². The van der Waals surface area contributed by atoms with Gasteiger partial charge in [-0.05, 0) is 43.4 Å². The summed E-state index contributed by atoms with van der Waals surface area (Å²) in [7, 11) is 3.33. The Balaban J connectivity index is 1.86. The molecule has 0 unspecified atom stereocenters. The SMILES string of the molecule is COC[C@@H](C)NC(=O)C1(Cc2cccc(-c3ccccc3OC)c2)CCOCC1. The number of para-hydroxylation sites is 1. The maximum atomic E-state index is 13.2. The Morgan fingerprint density at radius 3 is 2.62 bits per heavy atom. The number of nitrogens with one attached hydrogen (secondary N) is 1. The standard InChI is InChI=1S/C24H31NO4/c1-18(17-27-2)25-23(26)24(11-13-29-14-12-24)16-19-7-6-8-20(15-19)21-9-4-5-10-22(21)28-3/h4-10,15,18H,11-14,16-17H2,1-3H3,(H,25,26)/t18-/m1/s1. The van der Waals surface area contributed by atoms with E-state index < -0.39 is 5.41 Å². The number of ether oxygens (including phenoxy) is 3. The highest BCUT2D eigenvalue weighted by Crippen LogP contribution is 2.37. The fraction of sp³-hybridized carbons (Fsp3) is 0.458. The molecular weight excluding hydrogens is 366 g/mol. The molecule has 1 heterocycles. The Hall–Kier alpha value is -2.37. The molecule has 0 aromatic heterocycles. The van der Waals surface area contributed by atoms with Gasteiger partial charge in [-0.25, -0.2) is 0 Å². The molecule has 5 nitrogen and oxygen atoms in total. The third kappa shape index (κ3) is 5.17. The summed E-state index contributed by atoms with van der Waals surface area (Å²) in [6, 6.07) is 16.4. The minimum Gasteiger partial charge on any atom is -0.496 e. The molecule has 5 heteroatoms. The average molecular weight is 398 g/mol. The molecule has 2 aromatic carbocycles. The average Bonchev–Trinajstić information content (AvgIpc) is 2.74. The van der Waals surface area contributed by atoms with Crippen LogP contribution in [0.15, 0.2) is 48.5 Å². The highest BCUT2D eigenvalue weighted by molar-refractivity contribution is 5.83. The first kappa shape index (κ1) is 21.3. The number of amides is 1. The van der Waals surface area contributed by atoms with Crippen LogP contribution in [0.2, 0.25) is 0 Å². The molecular formula is C24H31NO4. The van der Waals surface area contributed by atoms with Crippen molar-refractivity contribution in [3.05, 3.63) is 54.1 Å². The number of rotatable bonds is 8. The predicted octanol–water partition coefficient (Wildman–Crippen LogP) is 3.85. The van der Waals surface area contributed by atoms with Gasteiger partial charge in [-0.3, -0.25) is 4.79 Å². The van der Waals surface area contributed by atoms with Gasteiger partial charge >= 0.3 is 0 Å². The summed E-state index contributed by atoms with van der Waals surface area (Å²) in [5.41, 5.74) is 2.83. The van der Waals surface area contributed by atoms with Crippen LogP contribution in [0.1, 0.15) is 25.3 Å². The number of hydrogen-bond donors (Lipinski definition) is 1. The molecule has 0 saturated carbocycles. The largest absolute Gasteiger partial charge is 0.496 e. The first-order chi connectivity index (χ1) is 14.1. The molecule has 1 fully saturated rings. The van der Waals surface area contributed by atoms with Gasteiger partial charge in [0.2, 0.25) is 5.91 Å². The highest BCUT2D eigenvalue weighted by atomic mass is 16.5. The van der Waals surface area contributed by atoms with Crippen LogP contribution in [0.3, 0.4) is 0 Å². The van der Waals surface area contributed by atoms with Crippen LogP contribution in [-0.2, 0) is 20.7 Å². The molecule has 1 aliphatic heterocycles. The van der Waals surface area contributed by atoms with Crippen LogP contribution in [0.5, 0.6) is 5.75 Å². The summed E-state index contributed by atoms with van der Waals surface area (Å²) < 4.78 is 16.3. The maximum Gasteiger partial charge on any atom is 0.227 e. The number of carbonyl (C=O) groups is 1. The summed E-state index contributed by atoms with van der Waals surface area (Å²) >= 11 is 0. The van der Waals surface area contributed by atoms with Crippen molar-refractivity contribution in [1.29, 1.82) is 0 Å². The van der Waals surface area contributed by atoms with Crippen molar-refractivity contribution in [1.82, 2.24) is 5.32 Å². The van der Waals surface area contributed by atoms with Gasteiger partial charge in [-0.2, -0.15) is 0 Å². The molecule has 1 N–H and O–H groups in total. The van der Waals surface area contributed by atoms with Crippen molar-refractivity contribution < 1.29 is 19.0 Å². The molecule has 0 bridgehead atoms. The van der Waals surface area contributed by atoms with Crippen molar-refractivity contribution in [2.24, 2.45) is 5.41 Å². The zero-order valence-electron chi connectivity index (χ0n) is 17.6. The second-order valence-corrected chi connectivity index (χ2v) is 7.80. The third-order valence-electron chi connectivity index (χ3n) is 5.61. The van der Waals surface area contributed by atoms with Crippen LogP contribution in [-0.4, -0.2) is 46.0 Å². The van der Waals surface area contributed by atoms with Crippen LogP contribution in [0, 0.1) is 5.41 Å². The predicted molar refractivity (Wildman–Crippen MR) is 114 cm³/mol. The lowest BCUT2D eigenvalue weighted by atomic mass is 9.74. The van der Waals surface area contributed by atoms with Gasteiger partial charge in [0.1, 0.15) is 5.75 Å². The Morgan fingerprint density at radius 2 is 1.90 bits per heavy atom. The maximum absolute atomic E-state index is 13.2. The van der Waals surface area contributed by atoms with Crippen LogP contribution >= 0.6 is 0 Å². The van der Waals surface area contributed by atoms with E-state index in [1.54, 1.807) is 14.2 Å². The van der Waals surface area contributed by atoms with Gasteiger partial charge < -0.3 is 19.5 Å². The van der Waals surface area contributed by atoms with Crippen LogP contribution in [0.4, 0.5) is 0 Å². The van der Waals surface area contributed by atoms with Crippen LogP contribution < -0.4 is 10.1 Å². The van der Waals surface area contributed by atoms with E-state index in [4.69, 9.17) is 14.2 Å². The number of methoxy groups -OCH3 is 2. The van der Waals surface area contributed by atoms with E-state index in [0.717, 1.165) is 35.3 Å². The van der Waals surface area contributed by atoms with E-state index in [-0.39, 0.29) is 11.9 Å². The van der Waals surface area contributed by atoms with Gasteiger partial charge in [0, 0.05) is 31.9 Å². The van der Waals surface area contributed by atoms with E-state index >= 15 is 0 Å². The molecule has 0 spiro atoms. The highest BCUT2D eigenvalue weighted by Gasteiger charge is 2.40. The minimum atomic E-state index is -0.459. The molecule has 0 radical (unpaired) electrons. The zero-order valence-corrected chi connectivity index (χ0v) is 17.6.